The number of nitrogens with zero attached hydrogens (tertiary/aromatic N) is 5. The molecule has 0 saturated carbocycles. The lowest BCUT2D eigenvalue weighted by molar-refractivity contribution is 0.0984. The van der Waals surface area contributed by atoms with Crippen molar-refractivity contribution in [2.45, 2.75) is 25.4 Å². The largest absolute Gasteiger partial charge is 0.396 e. The molecule has 4 heterocycles. The van der Waals surface area contributed by atoms with Crippen LogP contribution in [-0.4, -0.2) is 46.7 Å². The summed E-state index contributed by atoms with van der Waals surface area (Å²) in [6.45, 7) is 1.49. The molecule has 1 saturated heterocycles. The molecule has 160 valence electrons. The molecule has 1 amide bonds. The number of amides is 1. The van der Waals surface area contributed by atoms with E-state index in [1.807, 2.05) is 4.90 Å². The Morgan fingerprint density at radius 2 is 2.00 bits per heavy atom. The van der Waals surface area contributed by atoms with Gasteiger partial charge in [-0.25, -0.2) is 23.7 Å². The van der Waals surface area contributed by atoms with Crippen LogP contribution in [0.3, 0.4) is 0 Å². The van der Waals surface area contributed by atoms with Crippen molar-refractivity contribution in [2.75, 3.05) is 35.2 Å². The van der Waals surface area contributed by atoms with Crippen molar-refractivity contribution in [1.29, 1.82) is 0 Å². The maximum Gasteiger partial charge on any atom is 0.270 e. The van der Waals surface area contributed by atoms with Crippen molar-refractivity contribution in [2.24, 2.45) is 0 Å². The monoisotopic (exact) mass is 442 g/mol. The van der Waals surface area contributed by atoms with E-state index in [1.165, 1.54) is 23.5 Å². The first-order chi connectivity index (χ1) is 15.0. The predicted octanol–water partition coefficient (Wildman–Crippen LogP) is 3.46. The fraction of sp³-hybridized carbons (Fsp3) is 0.333. The van der Waals surface area contributed by atoms with Gasteiger partial charge in [0.2, 0.25) is 5.95 Å². The molecule has 2 aliphatic rings. The molecule has 0 unspecified atom stereocenters. The summed E-state index contributed by atoms with van der Waals surface area (Å²) < 4.78 is 27.2. The normalized spacial score (nSPS) is 18.9. The maximum atomic E-state index is 13.7. The second kappa shape index (κ2) is 7.84. The summed E-state index contributed by atoms with van der Waals surface area (Å²) in [6, 6.07) is 4.28. The van der Waals surface area contributed by atoms with Gasteiger partial charge in [-0.15, -0.1) is 11.3 Å². The van der Waals surface area contributed by atoms with E-state index >= 15 is 0 Å². The predicted molar refractivity (Wildman–Crippen MR) is 116 cm³/mol. The summed E-state index contributed by atoms with van der Waals surface area (Å²) in [5.41, 5.74) is 7.67. The SMILES string of the molecule is Nc1cc(N2CCc3nc(-c4cnc(N5CCC[C@@H](F)C5)nc4)sc3C2=O)ccc1F. The van der Waals surface area contributed by atoms with Crippen LogP contribution in [0.15, 0.2) is 30.6 Å². The van der Waals surface area contributed by atoms with Crippen LogP contribution < -0.4 is 15.5 Å². The molecule has 1 atom stereocenters. The minimum absolute atomic E-state index is 0.00566. The Hall–Kier alpha value is -3.14. The zero-order chi connectivity index (χ0) is 21.5. The average Bonchev–Trinajstić information content (AvgIpc) is 3.22. The number of carbonyl (C=O) groups is 1. The second-order valence-electron chi connectivity index (χ2n) is 7.66. The molecule has 10 heteroatoms. The van der Waals surface area contributed by atoms with Gasteiger partial charge in [0.15, 0.2) is 0 Å². The lowest BCUT2D eigenvalue weighted by Gasteiger charge is -2.28. The summed E-state index contributed by atoms with van der Waals surface area (Å²) in [5.74, 6) is -0.191. The van der Waals surface area contributed by atoms with Gasteiger partial charge in [0.25, 0.3) is 5.91 Å². The minimum atomic E-state index is -0.854. The quantitative estimate of drug-likeness (QED) is 0.625. The van der Waals surface area contributed by atoms with Crippen LogP contribution in [0.5, 0.6) is 0 Å². The van der Waals surface area contributed by atoms with E-state index in [0.29, 0.717) is 53.0 Å². The molecule has 1 fully saturated rings. The van der Waals surface area contributed by atoms with Gasteiger partial charge in [0, 0.05) is 43.2 Å². The van der Waals surface area contributed by atoms with E-state index in [9.17, 15) is 13.6 Å². The van der Waals surface area contributed by atoms with Crippen molar-refractivity contribution in [3.8, 4) is 10.6 Å². The molecule has 0 bridgehead atoms. The number of benzene rings is 1. The number of nitrogens with two attached hydrogens (primary N) is 1. The number of halogens is 2. The van der Waals surface area contributed by atoms with Crippen LogP contribution in [0.2, 0.25) is 0 Å². The molecule has 3 aromatic rings. The van der Waals surface area contributed by atoms with E-state index in [0.717, 1.165) is 18.7 Å². The number of aromatic nitrogens is 3. The van der Waals surface area contributed by atoms with Crippen LogP contribution >= 0.6 is 11.3 Å². The Morgan fingerprint density at radius 1 is 1.19 bits per heavy atom. The van der Waals surface area contributed by atoms with E-state index < -0.39 is 12.0 Å². The average molecular weight is 442 g/mol. The number of piperidine rings is 1. The number of rotatable bonds is 3. The van der Waals surface area contributed by atoms with Crippen molar-refractivity contribution in [3.05, 3.63) is 47.0 Å². The smallest absolute Gasteiger partial charge is 0.270 e. The Balaban J connectivity index is 1.38. The van der Waals surface area contributed by atoms with E-state index in [4.69, 9.17) is 5.73 Å². The summed E-state index contributed by atoms with van der Waals surface area (Å²) in [6.07, 6.45) is 4.42. The van der Waals surface area contributed by atoms with Gasteiger partial charge >= 0.3 is 0 Å². The molecule has 2 aliphatic heterocycles. The van der Waals surface area contributed by atoms with Crippen molar-refractivity contribution < 1.29 is 13.6 Å². The van der Waals surface area contributed by atoms with Crippen molar-refractivity contribution in [1.82, 2.24) is 15.0 Å². The van der Waals surface area contributed by atoms with Crippen LogP contribution in [0.1, 0.15) is 28.2 Å². The molecule has 0 radical (unpaired) electrons. The summed E-state index contributed by atoms with van der Waals surface area (Å²) >= 11 is 1.28. The van der Waals surface area contributed by atoms with E-state index in [1.54, 1.807) is 23.4 Å². The second-order valence-corrected chi connectivity index (χ2v) is 8.66. The number of hydrogen-bond acceptors (Lipinski definition) is 7. The number of carbonyl (C=O) groups excluding carboxylic acids is 1. The summed E-state index contributed by atoms with van der Waals surface area (Å²) in [4.78, 5) is 30.4. The molecule has 2 N–H and O–H groups in total. The maximum absolute atomic E-state index is 13.7. The van der Waals surface area contributed by atoms with E-state index in [-0.39, 0.29) is 11.6 Å². The third-order valence-corrected chi connectivity index (χ3v) is 6.67. The number of alkyl halides is 1. The number of hydrogen-bond donors (Lipinski definition) is 1. The van der Waals surface area contributed by atoms with Crippen LogP contribution in [0.4, 0.5) is 26.1 Å². The number of nitrogen functional groups attached to an aromatic ring is 1. The number of fused-ring (bicyclic) bond motifs is 1. The highest BCUT2D eigenvalue weighted by atomic mass is 32.1. The lowest BCUT2D eigenvalue weighted by atomic mass is 10.1. The third-order valence-electron chi connectivity index (χ3n) is 5.53. The Bertz CT molecular complexity index is 1140. The Labute approximate surface area is 181 Å². The van der Waals surface area contributed by atoms with Crippen LogP contribution in [0.25, 0.3) is 10.6 Å². The molecule has 31 heavy (non-hydrogen) atoms. The Morgan fingerprint density at radius 3 is 2.74 bits per heavy atom. The third kappa shape index (κ3) is 3.71. The highest BCUT2D eigenvalue weighted by Gasteiger charge is 2.30. The number of anilines is 3. The van der Waals surface area contributed by atoms with Crippen molar-refractivity contribution >= 4 is 34.6 Å². The van der Waals surface area contributed by atoms with Gasteiger partial charge in [-0.1, -0.05) is 0 Å². The van der Waals surface area contributed by atoms with Crippen LogP contribution in [0, 0.1) is 5.82 Å². The van der Waals surface area contributed by atoms with E-state index in [2.05, 4.69) is 15.0 Å². The molecule has 7 nitrogen and oxygen atoms in total. The zero-order valence-electron chi connectivity index (χ0n) is 16.6. The molecule has 1 aromatic carbocycles. The van der Waals surface area contributed by atoms with Gasteiger partial charge < -0.3 is 15.5 Å². The van der Waals surface area contributed by atoms with Gasteiger partial charge in [0.1, 0.15) is 21.9 Å². The fourth-order valence-corrected chi connectivity index (χ4v) is 4.94. The topological polar surface area (TPSA) is 88.2 Å². The minimum Gasteiger partial charge on any atom is -0.396 e. The standard InChI is InChI=1S/C21H20F2N6OS/c22-13-2-1-6-28(11-13)21-25-9-12(10-26-21)19-27-17-5-7-29(20(30)18(17)31-19)14-3-4-15(23)16(24)8-14/h3-4,8-10,13H,1-2,5-7,11,24H2/t13-/m1/s1. The first-order valence-corrected chi connectivity index (χ1v) is 10.9. The highest BCUT2D eigenvalue weighted by molar-refractivity contribution is 7.17. The van der Waals surface area contributed by atoms with Gasteiger partial charge in [-0.05, 0) is 31.0 Å². The number of thiazole rings is 1. The lowest BCUT2D eigenvalue weighted by Crippen LogP contribution is -2.37. The molecular formula is C21H20F2N6OS. The molecule has 2 aromatic heterocycles. The first-order valence-electron chi connectivity index (χ1n) is 10.1. The molecule has 5 rings (SSSR count). The molecule has 0 aliphatic carbocycles. The van der Waals surface area contributed by atoms with Gasteiger partial charge in [-0.3, -0.25) is 4.79 Å². The highest BCUT2D eigenvalue weighted by Crippen LogP contribution is 2.34. The van der Waals surface area contributed by atoms with Gasteiger partial charge in [0.05, 0.1) is 17.9 Å². The van der Waals surface area contributed by atoms with Crippen molar-refractivity contribution in [3.63, 3.8) is 0 Å². The zero-order valence-corrected chi connectivity index (χ0v) is 17.4. The fourth-order valence-electron chi connectivity index (χ4n) is 3.90. The first kappa shape index (κ1) is 19.8. The summed E-state index contributed by atoms with van der Waals surface area (Å²) in [7, 11) is 0. The van der Waals surface area contributed by atoms with Crippen LogP contribution in [-0.2, 0) is 6.42 Å². The molecular weight excluding hydrogens is 422 g/mol. The van der Waals surface area contributed by atoms with Gasteiger partial charge in [-0.2, -0.15) is 0 Å². The summed E-state index contributed by atoms with van der Waals surface area (Å²) in [5, 5.41) is 0.660. The molecule has 0 spiro atoms. The Kier molecular flexibility index (Phi) is 5.01.